The van der Waals surface area contributed by atoms with Gasteiger partial charge < -0.3 is 4.74 Å². The standard InChI is InChI=1S/C10H20INO4S/c1-5-10(2,11)9(13)16-7-6-8-17(14,15)12(3)4/h5-8H2,1-4H3. The first-order valence-electron chi connectivity index (χ1n) is 5.40. The Balaban J connectivity index is 4.00. The molecule has 1 atom stereocenters. The molecule has 0 aliphatic carbocycles. The minimum absolute atomic E-state index is 0.00261. The van der Waals surface area contributed by atoms with Gasteiger partial charge in [0.1, 0.15) is 3.42 Å². The minimum atomic E-state index is -3.20. The fourth-order valence-corrected chi connectivity index (χ4v) is 1.89. The first-order valence-corrected chi connectivity index (χ1v) is 8.08. The Hall–Kier alpha value is 0.110. The number of hydrogen-bond acceptors (Lipinski definition) is 4. The maximum Gasteiger partial charge on any atom is 0.321 e. The molecule has 0 aromatic heterocycles. The number of nitrogens with zero attached hydrogens (tertiary/aromatic N) is 1. The van der Waals surface area contributed by atoms with Gasteiger partial charge in [0.2, 0.25) is 10.0 Å². The van der Waals surface area contributed by atoms with E-state index >= 15 is 0 Å². The summed E-state index contributed by atoms with van der Waals surface area (Å²) in [7, 11) is -0.224. The predicted molar refractivity (Wildman–Crippen MR) is 75.8 cm³/mol. The topological polar surface area (TPSA) is 63.7 Å². The lowest BCUT2D eigenvalue weighted by Crippen LogP contribution is -2.30. The summed E-state index contributed by atoms with van der Waals surface area (Å²) in [6, 6.07) is 0. The van der Waals surface area contributed by atoms with E-state index in [4.69, 9.17) is 4.74 Å². The van der Waals surface area contributed by atoms with Crippen LogP contribution in [0.5, 0.6) is 0 Å². The van der Waals surface area contributed by atoms with Crippen LogP contribution in [0.4, 0.5) is 0 Å². The second-order valence-corrected chi connectivity index (χ2v) is 8.82. The van der Waals surface area contributed by atoms with Gasteiger partial charge in [-0.2, -0.15) is 0 Å². The zero-order valence-corrected chi connectivity index (χ0v) is 13.7. The summed E-state index contributed by atoms with van der Waals surface area (Å²) >= 11 is 2.04. The van der Waals surface area contributed by atoms with Crippen molar-refractivity contribution in [3.8, 4) is 0 Å². The number of rotatable bonds is 7. The number of ether oxygens (including phenoxy) is 1. The zero-order valence-electron chi connectivity index (χ0n) is 10.7. The number of esters is 1. The highest BCUT2D eigenvalue weighted by molar-refractivity contribution is 14.1. The summed E-state index contributed by atoms with van der Waals surface area (Å²) in [5.74, 6) is -0.292. The molecular formula is C10H20INO4S. The zero-order chi connectivity index (χ0) is 13.7. The van der Waals surface area contributed by atoms with Crippen molar-refractivity contribution in [3.05, 3.63) is 0 Å². The SMILES string of the molecule is CCC(C)(I)C(=O)OCCCS(=O)(=O)N(C)C. The molecule has 0 radical (unpaired) electrons. The molecule has 17 heavy (non-hydrogen) atoms. The van der Waals surface area contributed by atoms with Crippen LogP contribution in [0, 0.1) is 0 Å². The third kappa shape index (κ3) is 6.01. The van der Waals surface area contributed by atoms with Gasteiger partial charge in [0, 0.05) is 14.1 Å². The van der Waals surface area contributed by atoms with Gasteiger partial charge in [-0.25, -0.2) is 12.7 Å². The van der Waals surface area contributed by atoms with Gasteiger partial charge in [-0.05, 0) is 19.8 Å². The largest absolute Gasteiger partial charge is 0.465 e. The number of alkyl halides is 1. The number of halogens is 1. The molecule has 0 aromatic rings. The number of carbonyl (C=O) groups excluding carboxylic acids is 1. The molecule has 7 heteroatoms. The Morgan fingerprint density at radius 3 is 2.35 bits per heavy atom. The second-order valence-electron chi connectivity index (χ2n) is 4.14. The summed E-state index contributed by atoms with van der Waals surface area (Å²) in [5, 5.41) is 0. The van der Waals surface area contributed by atoms with Crippen LogP contribution in [0.3, 0.4) is 0 Å². The van der Waals surface area contributed by atoms with Crippen molar-refractivity contribution in [1.29, 1.82) is 0 Å². The van der Waals surface area contributed by atoms with E-state index < -0.39 is 13.4 Å². The average molecular weight is 377 g/mol. The van der Waals surface area contributed by atoms with Crippen molar-refractivity contribution < 1.29 is 17.9 Å². The van der Waals surface area contributed by atoms with Crippen LogP contribution in [0.2, 0.25) is 0 Å². The molecule has 0 spiro atoms. The van der Waals surface area contributed by atoms with Gasteiger partial charge in [0.15, 0.2) is 0 Å². The quantitative estimate of drug-likeness (QED) is 0.291. The monoisotopic (exact) mass is 377 g/mol. The van der Waals surface area contributed by atoms with E-state index in [1.807, 2.05) is 29.5 Å². The molecule has 0 saturated heterocycles. The smallest absolute Gasteiger partial charge is 0.321 e. The van der Waals surface area contributed by atoms with E-state index in [1.165, 1.54) is 18.4 Å². The molecule has 0 bridgehead atoms. The van der Waals surface area contributed by atoms with Gasteiger partial charge in [0.25, 0.3) is 0 Å². The molecule has 5 nitrogen and oxygen atoms in total. The first kappa shape index (κ1) is 17.1. The third-order valence-corrected chi connectivity index (χ3v) is 5.55. The second kappa shape index (κ2) is 6.89. The summed E-state index contributed by atoms with van der Waals surface area (Å²) < 4.78 is 28.5. The van der Waals surface area contributed by atoms with Crippen LogP contribution in [0.15, 0.2) is 0 Å². The molecule has 0 aliphatic heterocycles. The number of sulfonamides is 1. The van der Waals surface area contributed by atoms with Crippen molar-refractivity contribution >= 4 is 38.6 Å². The minimum Gasteiger partial charge on any atom is -0.465 e. The van der Waals surface area contributed by atoms with Crippen molar-refractivity contribution in [2.24, 2.45) is 0 Å². The molecule has 0 aromatic carbocycles. The maximum atomic E-state index is 11.6. The number of hydrogen-bond donors (Lipinski definition) is 0. The van der Waals surface area contributed by atoms with Gasteiger partial charge in [-0.1, -0.05) is 29.5 Å². The Kier molecular flexibility index (Phi) is 6.93. The molecule has 0 aliphatic rings. The normalized spacial score (nSPS) is 15.6. The Labute approximate surface area is 117 Å². The van der Waals surface area contributed by atoms with Gasteiger partial charge in [0.05, 0.1) is 12.4 Å². The van der Waals surface area contributed by atoms with Crippen LogP contribution in [-0.4, -0.2) is 48.6 Å². The summed E-state index contributed by atoms with van der Waals surface area (Å²) in [5.41, 5.74) is 0. The van der Waals surface area contributed by atoms with E-state index in [0.717, 1.165) is 0 Å². The van der Waals surface area contributed by atoms with Crippen molar-refractivity contribution in [1.82, 2.24) is 4.31 Å². The van der Waals surface area contributed by atoms with Crippen LogP contribution in [0.1, 0.15) is 26.7 Å². The predicted octanol–water partition coefficient (Wildman–Crippen LogP) is 1.41. The summed E-state index contributed by atoms with van der Waals surface area (Å²) in [6.45, 7) is 3.85. The highest BCUT2D eigenvalue weighted by Crippen LogP contribution is 2.23. The highest BCUT2D eigenvalue weighted by atomic mass is 127. The Bertz CT molecular complexity index is 351. The van der Waals surface area contributed by atoms with E-state index in [1.54, 1.807) is 6.92 Å². The lowest BCUT2D eigenvalue weighted by atomic mass is 10.1. The molecule has 0 saturated carbocycles. The maximum absolute atomic E-state index is 11.6. The Morgan fingerprint density at radius 1 is 1.41 bits per heavy atom. The van der Waals surface area contributed by atoms with Gasteiger partial charge in [-0.3, -0.25) is 4.79 Å². The van der Waals surface area contributed by atoms with E-state index in [0.29, 0.717) is 12.8 Å². The third-order valence-electron chi connectivity index (χ3n) is 2.43. The van der Waals surface area contributed by atoms with Crippen LogP contribution in [0.25, 0.3) is 0 Å². The fourth-order valence-electron chi connectivity index (χ4n) is 0.884. The highest BCUT2D eigenvalue weighted by Gasteiger charge is 2.29. The fraction of sp³-hybridized carbons (Fsp3) is 0.900. The van der Waals surface area contributed by atoms with Crippen LogP contribution < -0.4 is 0 Å². The number of carbonyl (C=O) groups is 1. The molecular weight excluding hydrogens is 357 g/mol. The molecule has 102 valence electrons. The lowest BCUT2D eigenvalue weighted by molar-refractivity contribution is -0.145. The van der Waals surface area contributed by atoms with E-state index in [9.17, 15) is 13.2 Å². The average Bonchev–Trinajstić information content (AvgIpc) is 2.23. The molecule has 0 amide bonds. The van der Waals surface area contributed by atoms with E-state index in [-0.39, 0.29) is 18.3 Å². The van der Waals surface area contributed by atoms with Crippen LogP contribution >= 0.6 is 22.6 Å². The molecule has 0 fully saturated rings. The van der Waals surface area contributed by atoms with E-state index in [2.05, 4.69) is 0 Å². The van der Waals surface area contributed by atoms with Crippen molar-refractivity contribution in [2.75, 3.05) is 26.5 Å². The molecule has 0 heterocycles. The molecule has 0 N–H and O–H groups in total. The van der Waals surface area contributed by atoms with Crippen molar-refractivity contribution in [2.45, 2.75) is 30.1 Å². The first-order chi connectivity index (χ1) is 7.63. The lowest BCUT2D eigenvalue weighted by Gasteiger charge is -2.18. The Morgan fingerprint density at radius 2 is 1.94 bits per heavy atom. The summed E-state index contributed by atoms with van der Waals surface area (Å²) in [4.78, 5) is 11.6. The van der Waals surface area contributed by atoms with Crippen molar-refractivity contribution in [3.63, 3.8) is 0 Å². The van der Waals surface area contributed by atoms with Gasteiger partial charge in [-0.15, -0.1) is 0 Å². The summed E-state index contributed by atoms with van der Waals surface area (Å²) in [6.07, 6.45) is 1.01. The van der Waals surface area contributed by atoms with Crippen LogP contribution in [-0.2, 0) is 19.6 Å². The molecule has 0 rings (SSSR count). The molecule has 1 unspecified atom stereocenters. The van der Waals surface area contributed by atoms with Gasteiger partial charge >= 0.3 is 5.97 Å².